The molecular formula is C32H33F3N4O4S. The second-order valence-corrected chi connectivity index (χ2v) is 13.8. The fraction of sp³-hybridized carbons (Fsp3) is 0.375. The molecule has 2 saturated heterocycles. The lowest BCUT2D eigenvalue weighted by atomic mass is 10.0. The molecule has 232 valence electrons. The summed E-state index contributed by atoms with van der Waals surface area (Å²) in [5, 5.41) is 2.72. The minimum absolute atomic E-state index is 0.00556. The number of carbonyl (C=O) groups excluding carboxylic acids is 2. The van der Waals surface area contributed by atoms with Crippen LogP contribution in [0.1, 0.15) is 57.7 Å². The number of hydrogen-bond acceptors (Lipinski definition) is 5. The maximum absolute atomic E-state index is 14.2. The number of amides is 2. The number of rotatable bonds is 7. The number of nitrogens with one attached hydrogen (secondary N) is 2. The number of halogens is 3. The van der Waals surface area contributed by atoms with Crippen LogP contribution < -0.4 is 5.32 Å². The Balaban J connectivity index is 1.28. The van der Waals surface area contributed by atoms with Gasteiger partial charge in [-0.2, -0.15) is 0 Å². The van der Waals surface area contributed by atoms with E-state index in [0.717, 1.165) is 31.0 Å². The molecule has 6 rings (SSSR count). The van der Waals surface area contributed by atoms with E-state index in [9.17, 15) is 31.2 Å². The molecule has 0 bridgehead atoms. The standard InChI is InChI=1S/C32H33F3N4O4S/c1-18-29(36-19(2)30(18)32(41)39-11-4-5-21(39)16-38-12-10-20(33)15-38)14-24-23-13-22(8-9-28(23)37-31(24)40)44(42,43)17-25-26(34)6-3-7-27(25)35/h3,6-9,13-14,20-21,36H,4-5,10-12,15-17H2,1-2H3,(H,37,40)/t20-,21-/m1/s1. The maximum Gasteiger partial charge on any atom is 0.256 e. The number of aromatic nitrogens is 1. The number of sulfone groups is 1. The molecular weight excluding hydrogens is 593 g/mol. The molecule has 3 aromatic rings. The number of aromatic amines is 1. The number of alkyl halides is 1. The number of H-pyrrole nitrogens is 1. The van der Waals surface area contributed by atoms with E-state index in [1.54, 1.807) is 19.9 Å². The van der Waals surface area contributed by atoms with E-state index in [4.69, 9.17) is 0 Å². The molecule has 0 saturated carbocycles. The quantitative estimate of drug-likeness (QED) is 0.359. The lowest BCUT2D eigenvalue weighted by Gasteiger charge is -2.28. The summed E-state index contributed by atoms with van der Waals surface area (Å²) in [6, 6.07) is 7.20. The van der Waals surface area contributed by atoms with Gasteiger partial charge in [0.2, 0.25) is 0 Å². The van der Waals surface area contributed by atoms with E-state index in [0.29, 0.717) is 66.4 Å². The number of nitrogens with zero attached hydrogens (tertiary/aromatic N) is 2. The van der Waals surface area contributed by atoms with Gasteiger partial charge in [-0.1, -0.05) is 6.07 Å². The Morgan fingerprint density at radius 1 is 1.09 bits per heavy atom. The zero-order valence-corrected chi connectivity index (χ0v) is 25.2. The van der Waals surface area contributed by atoms with E-state index in [1.807, 2.05) is 4.90 Å². The summed E-state index contributed by atoms with van der Waals surface area (Å²) in [6.45, 7) is 5.91. The van der Waals surface area contributed by atoms with Gasteiger partial charge in [0.15, 0.2) is 9.84 Å². The van der Waals surface area contributed by atoms with Gasteiger partial charge in [-0.05, 0) is 75.1 Å². The summed E-state index contributed by atoms with van der Waals surface area (Å²) in [6.07, 6.45) is 3.00. The summed E-state index contributed by atoms with van der Waals surface area (Å²) < 4.78 is 68.5. The Labute approximate surface area is 253 Å². The smallest absolute Gasteiger partial charge is 0.256 e. The molecule has 8 nitrogen and oxygen atoms in total. The largest absolute Gasteiger partial charge is 0.358 e. The lowest BCUT2D eigenvalue weighted by Crippen LogP contribution is -2.43. The molecule has 0 aliphatic carbocycles. The Morgan fingerprint density at radius 3 is 2.55 bits per heavy atom. The van der Waals surface area contributed by atoms with Crippen LogP contribution in [0.15, 0.2) is 41.3 Å². The molecule has 12 heteroatoms. The highest BCUT2D eigenvalue weighted by molar-refractivity contribution is 7.90. The molecule has 44 heavy (non-hydrogen) atoms. The van der Waals surface area contributed by atoms with Crippen molar-refractivity contribution in [2.45, 2.75) is 56.0 Å². The summed E-state index contributed by atoms with van der Waals surface area (Å²) in [4.78, 5) is 33.8. The van der Waals surface area contributed by atoms with E-state index in [1.165, 1.54) is 18.2 Å². The third kappa shape index (κ3) is 5.56. The lowest BCUT2D eigenvalue weighted by molar-refractivity contribution is -0.110. The zero-order chi connectivity index (χ0) is 31.3. The molecule has 2 fully saturated rings. The van der Waals surface area contributed by atoms with Crippen molar-refractivity contribution in [3.05, 3.63) is 81.7 Å². The van der Waals surface area contributed by atoms with Crippen LogP contribution in [0.3, 0.4) is 0 Å². The summed E-state index contributed by atoms with van der Waals surface area (Å²) in [5.41, 5.74) is 2.67. The van der Waals surface area contributed by atoms with Crippen molar-refractivity contribution in [2.24, 2.45) is 0 Å². The Bertz CT molecular complexity index is 1780. The highest BCUT2D eigenvalue weighted by atomic mass is 32.2. The van der Waals surface area contributed by atoms with Crippen LogP contribution in [0.25, 0.3) is 11.6 Å². The van der Waals surface area contributed by atoms with Gasteiger partial charge in [-0.3, -0.25) is 14.5 Å². The van der Waals surface area contributed by atoms with Gasteiger partial charge >= 0.3 is 0 Å². The third-order valence-electron chi connectivity index (χ3n) is 8.83. The van der Waals surface area contributed by atoms with Crippen LogP contribution in [0.4, 0.5) is 18.9 Å². The molecule has 2 amide bonds. The van der Waals surface area contributed by atoms with Crippen molar-refractivity contribution >= 4 is 39.0 Å². The van der Waals surface area contributed by atoms with Crippen molar-refractivity contribution in [1.82, 2.24) is 14.8 Å². The fourth-order valence-corrected chi connectivity index (χ4v) is 7.91. The summed E-state index contributed by atoms with van der Waals surface area (Å²) in [5.74, 6) is -3.37. The van der Waals surface area contributed by atoms with Gasteiger partial charge < -0.3 is 15.2 Å². The number of fused-ring (bicyclic) bond motifs is 1. The molecule has 1 aromatic heterocycles. The highest BCUT2D eigenvalue weighted by Gasteiger charge is 2.35. The van der Waals surface area contributed by atoms with Crippen LogP contribution in [0.5, 0.6) is 0 Å². The molecule has 3 aliphatic heterocycles. The Kier molecular flexibility index (Phi) is 7.91. The molecule has 3 aliphatic rings. The normalized spacial score (nSPS) is 21.3. The first kappa shape index (κ1) is 30.1. The average molecular weight is 627 g/mol. The van der Waals surface area contributed by atoms with E-state index >= 15 is 0 Å². The summed E-state index contributed by atoms with van der Waals surface area (Å²) in [7, 11) is -4.17. The van der Waals surface area contributed by atoms with E-state index in [2.05, 4.69) is 15.2 Å². The van der Waals surface area contributed by atoms with Gasteiger partial charge in [0.25, 0.3) is 11.8 Å². The summed E-state index contributed by atoms with van der Waals surface area (Å²) >= 11 is 0. The number of anilines is 1. The minimum Gasteiger partial charge on any atom is -0.358 e. The van der Waals surface area contributed by atoms with E-state index in [-0.39, 0.29) is 22.4 Å². The Morgan fingerprint density at radius 2 is 1.84 bits per heavy atom. The van der Waals surface area contributed by atoms with Crippen LogP contribution in [0.2, 0.25) is 0 Å². The maximum atomic E-state index is 14.2. The molecule has 2 N–H and O–H groups in total. The first-order valence-electron chi connectivity index (χ1n) is 14.6. The van der Waals surface area contributed by atoms with Gasteiger partial charge in [-0.25, -0.2) is 21.6 Å². The van der Waals surface area contributed by atoms with Crippen molar-refractivity contribution in [3.8, 4) is 0 Å². The number of benzene rings is 2. The minimum atomic E-state index is -4.17. The highest BCUT2D eigenvalue weighted by Crippen LogP contribution is 2.37. The van der Waals surface area contributed by atoms with Crippen molar-refractivity contribution in [2.75, 3.05) is 31.5 Å². The predicted octanol–water partition coefficient (Wildman–Crippen LogP) is 5.02. The second kappa shape index (κ2) is 11.6. The molecule has 0 radical (unpaired) electrons. The van der Waals surface area contributed by atoms with Crippen molar-refractivity contribution in [1.29, 1.82) is 0 Å². The molecule has 2 atom stereocenters. The number of hydrogen-bond donors (Lipinski definition) is 2. The van der Waals surface area contributed by atoms with Gasteiger partial charge in [0, 0.05) is 60.4 Å². The van der Waals surface area contributed by atoms with Gasteiger partial charge in [-0.15, -0.1) is 0 Å². The average Bonchev–Trinajstić information content (AvgIpc) is 3.73. The SMILES string of the molecule is Cc1[nH]c(C=C2C(=O)Nc3ccc(S(=O)(=O)Cc4c(F)cccc4F)cc32)c(C)c1C(=O)N1CCC[C@@H]1CN1CC[C@@H](F)C1. The third-order valence-corrected chi connectivity index (χ3v) is 10.5. The predicted molar refractivity (Wildman–Crippen MR) is 160 cm³/mol. The number of carbonyl (C=O) groups is 2. The molecule has 4 heterocycles. The van der Waals surface area contributed by atoms with Crippen LogP contribution >= 0.6 is 0 Å². The van der Waals surface area contributed by atoms with Crippen molar-refractivity contribution < 1.29 is 31.2 Å². The fourth-order valence-electron chi connectivity index (χ4n) is 6.52. The molecule has 2 aromatic carbocycles. The van der Waals surface area contributed by atoms with Crippen molar-refractivity contribution in [3.63, 3.8) is 0 Å². The van der Waals surface area contributed by atoms with E-state index < -0.39 is 44.9 Å². The second-order valence-electron chi connectivity index (χ2n) is 11.8. The topological polar surface area (TPSA) is 103 Å². The number of aryl methyl sites for hydroxylation is 1. The first-order chi connectivity index (χ1) is 20.9. The van der Waals surface area contributed by atoms with Gasteiger partial charge in [0.1, 0.15) is 17.8 Å². The Hall–Kier alpha value is -3.90. The van der Waals surface area contributed by atoms with Gasteiger partial charge in [0.05, 0.1) is 21.8 Å². The van der Waals surface area contributed by atoms with Crippen LogP contribution in [-0.4, -0.2) is 73.4 Å². The molecule has 0 spiro atoms. The first-order valence-corrected chi connectivity index (χ1v) is 16.3. The van der Waals surface area contributed by atoms with Crippen LogP contribution in [-0.2, 0) is 20.4 Å². The van der Waals surface area contributed by atoms with Crippen LogP contribution in [0, 0.1) is 25.5 Å². The monoisotopic (exact) mass is 626 g/mol. The zero-order valence-electron chi connectivity index (χ0n) is 24.4. The number of likely N-dealkylation sites (tertiary alicyclic amines) is 2. The molecule has 0 unspecified atom stereocenters.